The smallest absolute Gasteiger partial charge is 0.407 e. The lowest BCUT2D eigenvalue weighted by Crippen LogP contribution is -2.36. The van der Waals surface area contributed by atoms with E-state index in [1.165, 1.54) is 0 Å². The molecule has 0 fully saturated rings. The highest BCUT2D eigenvalue weighted by molar-refractivity contribution is 5.79. The maximum Gasteiger partial charge on any atom is 0.407 e. The molecule has 0 bridgehead atoms. The van der Waals surface area contributed by atoms with E-state index in [1.54, 1.807) is 0 Å². The summed E-state index contributed by atoms with van der Waals surface area (Å²) in [7, 11) is 0. The lowest BCUT2D eigenvalue weighted by Gasteiger charge is -2.20. The number of carbonyl (C=O) groups excluding carboxylic acids is 1. The molecule has 0 saturated carbocycles. The van der Waals surface area contributed by atoms with Crippen molar-refractivity contribution in [2.45, 2.75) is 18.1 Å². The maximum atomic E-state index is 13.9. The largest absolute Gasteiger partial charge is 0.449 e. The van der Waals surface area contributed by atoms with E-state index < -0.39 is 47.7 Å². The summed E-state index contributed by atoms with van der Waals surface area (Å²) in [4.78, 5) is 12.2. The molecule has 1 aliphatic carbocycles. The number of rotatable bonds is 6. The van der Waals surface area contributed by atoms with Gasteiger partial charge in [-0.2, -0.15) is 0 Å². The van der Waals surface area contributed by atoms with E-state index in [2.05, 4.69) is 5.32 Å². The Labute approximate surface area is 183 Å². The molecule has 3 aromatic carbocycles. The van der Waals surface area contributed by atoms with Crippen LogP contribution in [0.4, 0.5) is 19.3 Å². The molecule has 1 aliphatic rings. The first kappa shape index (κ1) is 21.7. The predicted molar refractivity (Wildman–Crippen MR) is 115 cm³/mol. The first-order valence-electron chi connectivity index (χ1n) is 10.1. The van der Waals surface area contributed by atoms with Crippen LogP contribution in [0.15, 0.2) is 60.7 Å². The Morgan fingerprint density at radius 1 is 1.00 bits per heavy atom. The molecule has 4 rings (SSSR count). The van der Waals surface area contributed by atoms with E-state index in [0.29, 0.717) is 6.07 Å². The Morgan fingerprint density at radius 3 is 2.22 bits per heavy atom. The normalized spacial score (nSPS) is 14.4. The molecule has 0 radical (unpaired) electrons. The number of nitrogen functional groups attached to an aromatic ring is 1. The highest BCUT2D eigenvalue weighted by atomic mass is 19.1. The average molecular weight is 440 g/mol. The van der Waals surface area contributed by atoms with Gasteiger partial charge in [0.25, 0.3) is 0 Å². The van der Waals surface area contributed by atoms with Crippen molar-refractivity contribution >= 4 is 11.8 Å². The summed E-state index contributed by atoms with van der Waals surface area (Å²) in [6.07, 6.45) is -4.16. The van der Waals surface area contributed by atoms with Gasteiger partial charge in [-0.25, -0.2) is 13.6 Å². The van der Waals surface area contributed by atoms with Crippen LogP contribution in [-0.2, 0) is 4.74 Å². The third kappa shape index (κ3) is 4.15. The topological polar surface area (TPSA) is 105 Å². The summed E-state index contributed by atoms with van der Waals surface area (Å²) < 4.78 is 32.9. The number of ether oxygens (including phenoxy) is 1. The standard InChI is InChI=1S/C24H22F2N2O4/c25-19-10-21(27)20(26)9-17(19)23(30)22(29)11-28-24(31)32-12-18-15-7-3-1-5-13(15)14-6-2-4-8-16(14)18/h1-10,18,22-23,29-30H,11-12,27H2,(H,28,31). The Morgan fingerprint density at radius 2 is 1.59 bits per heavy atom. The molecule has 3 aromatic rings. The molecule has 0 spiro atoms. The van der Waals surface area contributed by atoms with E-state index in [1.807, 2.05) is 48.5 Å². The van der Waals surface area contributed by atoms with Crippen molar-refractivity contribution in [3.8, 4) is 11.1 Å². The minimum absolute atomic E-state index is 0.0797. The van der Waals surface area contributed by atoms with E-state index in [-0.39, 0.29) is 12.5 Å². The summed E-state index contributed by atoms with van der Waals surface area (Å²) in [5, 5.41) is 22.6. The number of amides is 1. The van der Waals surface area contributed by atoms with Crippen molar-refractivity contribution in [2.24, 2.45) is 0 Å². The van der Waals surface area contributed by atoms with E-state index >= 15 is 0 Å². The first-order valence-corrected chi connectivity index (χ1v) is 10.1. The fraction of sp³-hybridized carbons (Fsp3) is 0.208. The number of benzene rings is 3. The quantitative estimate of drug-likeness (QED) is 0.440. The van der Waals surface area contributed by atoms with Gasteiger partial charge in [-0.3, -0.25) is 0 Å². The van der Waals surface area contributed by atoms with Gasteiger partial charge in [0, 0.05) is 24.1 Å². The summed E-state index contributed by atoms with van der Waals surface area (Å²) in [6, 6.07) is 17.2. The minimum Gasteiger partial charge on any atom is -0.449 e. The van der Waals surface area contributed by atoms with Crippen LogP contribution in [0.1, 0.15) is 28.7 Å². The number of hydrogen-bond acceptors (Lipinski definition) is 5. The van der Waals surface area contributed by atoms with Crippen LogP contribution < -0.4 is 11.1 Å². The Hall–Kier alpha value is -3.49. The zero-order valence-corrected chi connectivity index (χ0v) is 17.0. The second kappa shape index (κ2) is 8.94. The second-order valence-corrected chi connectivity index (χ2v) is 7.61. The molecule has 5 N–H and O–H groups in total. The zero-order valence-electron chi connectivity index (χ0n) is 17.0. The summed E-state index contributed by atoms with van der Waals surface area (Å²) in [5.41, 5.74) is 8.69. The van der Waals surface area contributed by atoms with Crippen LogP contribution in [-0.4, -0.2) is 35.6 Å². The van der Waals surface area contributed by atoms with Crippen LogP contribution >= 0.6 is 0 Å². The van der Waals surface area contributed by atoms with Gasteiger partial charge in [0.05, 0.1) is 5.69 Å². The Balaban J connectivity index is 1.35. The molecule has 8 heteroatoms. The van der Waals surface area contributed by atoms with Gasteiger partial charge < -0.3 is 26.0 Å². The zero-order chi connectivity index (χ0) is 22.8. The van der Waals surface area contributed by atoms with Crippen LogP contribution in [0.5, 0.6) is 0 Å². The number of anilines is 1. The maximum absolute atomic E-state index is 13.9. The summed E-state index contributed by atoms with van der Waals surface area (Å²) in [6.45, 7) is -0.348. The van der Waals surface area contributed by atoms with Gasteiger partial charge in [0.2, 0.25) is 0 Å². The molecule has 32 heavy (non-hydrogen) atoms. The van der Waals surface area contributed by atoms with E-state index in [4.69, 9.17) is 10.5 Å². The molecular weight excluding hydrogens is 418 g/mol. The number of nitrogens with one attached hydrogen (secondary N) is 1. The first-order chi connectivity index (χ1) is 15.4. The molecule has 2 unspecified atom stereocenters. The third-order valence-electron chi connectivity index (χ3n) is 5.60. The lowest BCUT2D eigenvalue weighted by atomic mass is 9.98. The van der Waals surface area contributed by atoms with Gasteiger partial charge in [-0.15, -0.1) is 0 Å². The van der Waals surface area contributed by atoms with Gasteiger partial charge in [-0.1, -0.05) is 48.5 Å². The fourth-order valence-electron chi connectivity index (χ4n) is 3.96. The molecule has 166 valence electrons. The minimum atomic E-state index is -1.76. The van der Waals surface area contributed by atoms with E-state index in [0.717, 1.165) is 28.3 Å². The van der Waals surface area contributed by atoms with Crippen molar-refractivity contribution in [2.75, 3.05) is 18.9 Å². The third-order valence-corrected chi connectivity index (χ3v) is 5.60. The number of aliphatic hydroxyl groups excluding tert-OH is 2. The molecule has 0 aliphatic heterocycles. The van der Waals surface area contributed by atoms with Crippen LogP contribution in [0, 0.1) is 11.6 Å². The van der Waals surface area contributed by atoms with Gasteiger partial charge in [0.15, 0.2) is 0 Å². The molecule has 0 aromatic heterocycles. The monoisotopic (exact) mass is 440 g/mol. The van der Waals surface area contributed by atoms with Crippen molar-refractivity contribution in [3.63, 3.8) is 0 Å². The fourth-order valence-corrected chi connectivity index (χ4v) is 3.96. The molecule has 2 atom stereocenters. The van der Waals surface area contributed by atoms with Gasteiger partial charge >= 0.3 is 6.09 Å². The number of halogens is 2. The van der Waals surface area contributed by atoms with Crippen molar-refractivity contribution < 1.29 is 28.5 Å². The SMILES string of the molecule is Nc1cc(F)c(C(O)C(O)CNC(=O)OCC2c3ccccc3-c3ccccc32)cc1F. The van der Waals surface area contributed by atoms with Crippen LogP contribution in [0.3, 0.4) is 0 Å². The van der Waals surface area contributed by atoms with Crippen LogP contribution in [0.25, 0.3) is 11.1 Å². The number of hydrogen-bond donors (Lipinski definition) is 4. The molecule has 6 nitrogen and oxygen atoms in total. The van der Waals surface area contributed by atoms with Gasteiger partial charge in [-0.05, 0) is 28.3 Å². The highest BCUT2D eigenvalue weighted by Crippen LogP contribution is 2.44. The van der Waals surface area contributed by atoms with Crippen LogP contribution in [0.2, 0.25) is 0 Å². The Bertz CT molecular complexity index is 1110. The number of fused-ring (bicyclic) bond motifs is 3. The van der Waals surface area contributed by atoms with Crippen molar-refractivity contribution in [3.05, 3.63) is 89.0 Å². The number of alkyl carbamates (subject to hydrolysis) is 1. The highest BCUT2D eigenvalue weighted by Gasteiger charge is 2.29. The summed E-state index contributed by atoms with van der Waals surface area (Å²) >= 11 is 0. The number of aliphatic hydroxyl groups is 2. The lowest BCUT2D eigenvalue weighted by molar-refractivity contribution is 0.0164. The molecule has 0 heterocycles. The predicted octanol–water partition coefficient (Wildman–Crippen LogP) is 3.48. The summed E-state index contributed by atoms with van der Waals surface area (Å²) in [5.74, 6) is -2.01. The van der Waals surface area contributed by atoms with Gasteiger partial charge in [0.1, 0.15) is 30.4 Å². The van der Waals surface area contributed by atoms with E-state index in [9.17, 15) is 23.8 Å². The van der Waals surface area contributed by atoms with Crippen molar-refractivity contribution in [1.82, 2.24) is 5.32 Å². The molecular formula is C24H22F2N2O4. The second-order valence-electron chi connectivity index (χ2n) is 7.61. The molecule has 1 amide bonds. The Kier molecular flexibility index (Phi) is 6.07. The van der Waals surface area contributed by atoms with Crippen molar-refractivity contribution in [1.29, 1.82) is 0 Å². The molecule has 0 saturated heterocycles. The number of carbonyl (C=O) groups is 1. The average Bonchev–Trinajstić information content (AvgIpc) is 3.11. The number of nitrogens with two attached hydrogens (primary N) is 1.